The Kier molecular flexibility index (Phi) is 6.82. The highest BCUT2D eigenvalue weighted by Crippen LogP contribution is 2.10. The van der Waals surface area contributed by atoms with Crippen molar-refractivity contribution >= 4 is 29.0 Å². The Morgan fingerprint density at radius 1 is 1.16 bits per heavy atom. The van der Waals surface area contributed by atoms with Gasteiger partial charge in [0.1, 0.15) is 0 Å². The number of ketones is 1. The standard InChI is InChI=1S/C18H20N2O4S/c1-2-12-3-5-13(6-4-12)15(21)7-8-16(22)19-10-9-17-20-14(11-25-17)18(23)24/h3-6,11H,2,7-10H2,1H3,(H,19,22)(H,23,24). The van der Waals surface area contributed by atoms with Crippen LogP contribution in [0.1, 0.15) is 51.2 Å². The zero-order valence-electron chi connectivity index (χ0n) is 13.9. The second-order valence-electron chi connectivity index (χ2n) is 5.51. The van der Waals surface area contributed by atoms with Crippen LogP contribution >= 0.6 is 11.3 Å². The van der Waals surface area contributed by atoms with Gasteiger partial charge in [0.15, 0.2) is 11.5 Å². The predicted molar refractivity (Wildman–Crippen MR) is 95.2 cm³/mol. The first-order valence-corrected chi connectivity index (χ1v) is 8.94. The van der Waals surface area contributed by atoms with E-state index in [4.69, 9.17) is 5.11 Å². The molecule has 132 valence electrons. The van der Waals surface area contributed by atoms with Gasteiger partial charge >= 0.3 is 5.97 Å². The summed E-state index contributed by atoms with van der Waals surface area (Å²) in [5.74, 6) is -1.31. The second kappa shape index (κ2) is 9.08. The van der Waals surface area contributed by atoms with Crippen molar-refractivity contribution in [3.05, 3.63) is 51.5 Å². The summed E-state index contributed by atoms with van der Waals surface area (Å²) in [6.07, 6.45) is 1.68. The lowest BCUT2D eigenvalue weighted by Crippen LogP contribution is -2.26. The number of nitrogens with one attached hydrogen (secondary N) is 1. The maximum atomic E-state index is 12.1. The van der Waals surface area contributed by atoms with Gasteiger partial charge in [0.25, 0.3) is 0 Å². The van der Waals surface area contributed by atoms with E-state index in [1.54, 1.807) is 12.1 Å². The maximum absolute atomic E-state index is 12.1. The molecule has 0 spiro atoms. The average molecular weight is 360 g/mol. The lowest BCUT2D eigenvalue weighted by molar-refractivity contribution is -0.121. The van der Waals surface area contributed by atoms with E-state index in [0.29, 0.717) is 23.5 Å². The fourth-order valence-corrected chi connectivity index (χ4v) is 2.99. The minimum absolute atomic E-state index is 0.0195. The first-order valence-electron chi connectivity index (χ1n) is 8.06. The molecule has 0 saturated heterocycles. The van der Waals surface area contributed by atoms with Crippen LogP contribution in [0.5, 0.6) is 0 Å². The van der Waals surface area contributed by atoms with Gasteiger partial charge in [-0.05, 0) is 12.0 Å². The molecule has 0 bridgehead atoms. The van der Waals surface area contributed by atoms with Gasteiger partial charge in [-0.1, -0.05) is 31.2 Å². The maximum Gasteiger partial charge on any atom is 0.355 e. The molecule has 1 aromatic carbocycles. The summed E-state index contributed by atoms with van der Waals surface area (Å²) in [4.78, 5) is 38.6. The largest absolute Gasteiger partial charge is 0.476 e. The Hall–Kier alpha value is -2.54. The van der Waals surface area contributed by atoms with E-state index in [2.05, 4.69) is 17.2 Å². The number of thiazole rings is 1. The lowest BCUT2D eigenvalue weighted by Gasteiger charge is -2.04. The van der Waals surface area contributed by atoms with Gasteiger partial charge in [0, 0.05) is 36.8 Å². The summed E-state index contributed by atoms with van der Waals surface area (Å²) < 4.78 is 0. The first-order chi connectivity index (χ1) is 12.0. The third-order valence-electron chi connectivity index (χ3n) is 3.70. The topological polar surface area (TPSA) is 96.4 Å². The van der Waals surface area contributed by atoms with Crippen LogP contribution in [0.25, 0.3) is 0 Å². The van der Waals surface area contributed by atoms with Crippen LogP contribution in [0.15, 0.2) is 29.6 Å². The van der Waals surface area contributed by atoms with Gasteiger partial charge in [-0.2, -0.15) is 0 Å². The van der Waals surface area contributed by atoms with Crippen molar-refractivity contribution in [1.82, 2.24) is 10.3 Å². The molecule has 2 rings (SSSR count). The van der Waals surface area contributed by atoms with Crippen molar-refractivity contribution in [3.8, 4) is 0 Å². The molecule has 1 aromatic heterocycles. The molecule has 0 aliphatic heterocycles. The normalized spacial score (nSPS) is 10.4. The minimum atomic E-state index is -1.06. The van der Waals surface area contributed by atoms with E-state index in [0.717, 1.165) is 6.42 Å². The molecule has 0 radical (unpaired) electrons. The third-order valence-corrected chi connectivity index (χ3v) is 4.60. The average Bonchev–Trinajstić information content (AvgIpc) is 3.09. The number of Topliss-reactive ketones (excluding diaryl/α,β-unsaturated/α-hetero) is 1. The number of hydrogen-bond donors (Lipinski definition) is 2. The SMILES string of the molecule is CCc1ccc(C(=O)CCC(=O)NCCc2nc(C(=O)O)cs2)cc1. The summed E-state index contributed by atoms with van der Waals surface area (Å²) >= 11 is 1.25. The molecule has 25 heavy (non-hydrogen) atoms. The Balaban J connectivity index is 1.70. The lowest BCUT2D eigenvalue weighted by atomic mass is 10.0. The number of rotatable bonds is 9. The van der Waals surface area contributed by atoms with Gasteiger partial charge in [-0.25, -0.2) is 9.78 Å². The molecule has 0 aliphatic rings. The Bertz CT molecular complexity index is 753. The van der Waals surface area contributed by atoms with Crippen molar-refractivity contribution < 1.29 is 19.5 Å². The minimum Gasteiger partial charge on any atom is -0.476 e. The van der Waals surface area contributed by atoms with E-state index in [-0.39, 0.29) is 30.2 Å². The van der Waals surface area contributed by atoms with E-state index < -0.39 is 5.97 Å². The molecule has 0 fully saturated rings. The molecular weight excluding hydrogens is 340 g/mol. The van der Waals surface area contributed by atoms with Crippen LogP contribution < -0.4 is 5.32 Å². The summed E-state index contributed by atoms with van der Waals surface area (Å²) in [7, 11) is 0. The van der Waals surface area contributed by atoms with Gasteiger partial charge in [-0.3, -0.25) is 9.59 Å². The zero-order chi connectivity index (χ0) is 18.2. The van der Waals surface area contributed by atoms with E-state index >= 15 is 0 Å². The number of carboxylic acids is 1. The number of carbonyl (C=O) groups is 3. The summed E-state index contributed by atoms with van der Waals surface area (Å²) in [6.45, 7) is 2.42. The molecule has 0 saturated carbocycles. The number of nitrogens with zero attached hydrogens (tertiary/aromatic N) is 1. The molecule has 0 atom stereocenters. The fraction of sp³-hybridized carbons (Fsp3) is 0.333. The number of aromatic nitrogens is 1. The molecule has 1 amide bonds. The van der Waals surface area contributed by atoms with Crippen LogP contribution in [-0.2, 0) is 17.6 Å². The van der Waals surface area contributed by atoms with E-state index in [1.807, 2.05) is 12.1 Å². The summed E-state index contributed by atoms with van der Waals surface area (Å²) in [5, 5.41) is 13.7. The molecule has 7 heteroatoms. The molecule has 2 aromatic rings. The molecule has 2 N–H and O–H groups in total. The van der Waals surface area contributed by atoms with Gasteiger partial charge in [0.2, 0.25) is 5.91 Å². The molecular formula is C18H20N2O4S. The van der Waals surface area contributed by atoms with Crippen molar-refractivity contribution in [3.63, 3.8) is 0 Å². The first kappa shape index (κ1) is 18.8. The highest BCUT2D eigenvalue weighted by atomic mass is 32.1. The number of aromatic carboxylic acids is 1. The van der Waals surface area contributed by atoms with Crippen molar-refractivity contribution in [2.24, 2.45) is 0 Å². The number of carbonyl (C=O) groups excluding carboxylic acids is 2. The van der Waals surface area contributed by atoms with Crippen molar-refractivity contribution in [2.75, 3.05) is 6.54 Å². The van der Waals surface area contributed by atoms with Crippen LogP contribution in [0.2, 0.25) is 0 Å². The number of benzene rings is 1. The van der Waals surface area contributed by atoms with Gasteiger partial charge < -0.3 is 10.4 Å². The van der Waals surface area contributed by atoms with Gasteiger partial charge in [-0.15, -0.1) is 11.3 Å². The zero-order valence-corrected chi connectivity index (χ0v) is 14.8. The Labute approximate surface area is 149 Å². The predicted octanol–water partition coefficient (Wildman–Crippen LogP) is 2.73. The smallest absolute Gasteiger partial charge is 0.355 e. The summed E-state index contributed by atoms with van der Waals surface area (Å²) in [6, 6.07) is 7.43. The molecule has 0 unspecified atom stereocenters. The number of amides is 1. The van der Waals surface area contributed by atoms with Crippen molar-refractivity contribution in [1.29, 1.82) is 0 Å². The van der Waals surface area contributed by atoms with Crippen LogP contribution in [0, 0.1) is 0 Å². The van der Waals surface area contributed by atoms with Crippen molar-refractivity contribution in [2.45, 2.75) is 32.6 Å². The highest BCUT2D eigenvalue weighted by molar-refractivity contribution is 7.09. The van der Waals surface area contributed by atoms with Crippen LogP contribution in [0.3, 0.4) is 0 Å². The number of hydrogen-bond acceptors (Lipinski definition) is 5. The quantitative estimate of drug-likeness (QED) is 0.670. The van der Waals surface area contributed by atoms with Crippen LogP contribution in [0.4, 0.5) is 0 Å². The van der Waals surface area contributed by atoms with Gasteiger partial charge in [0.05, 0.1) is 5.01 Å². The monoisotopic (exact) mass is 360 g/mol. The second-order valence-corrected chi connectivity index (χ2v) is 6.45. The van der Waals surface area contributed by atoms with Crippen LogP contribution in [-0.4, -0.2) is 34.3 Å². The molecule has 0 aliphatic carbocycles. The molecule has 6 nitrogen and oxygen atoms in total. The Morgan fingerprint density at radius 2 is 1.88 bits per heavy atom. The third kappa shape index (κ3) is 5.79. The van der Waals surface area contributed by atoms with E-state index in [1.165, 1.54) is 22.3 Å². The van der Waals surface area contributed by atoms with E-state index in [9.17, 15) is 14.4 Å². The number of aryl methyl sites for hydroxylation is 1. The summed E-state index contributed by atoms with van der Waals surface area (Å²) in [5.41, 5.74) is 1.81. The Morgan fingerprint density at radius 3 is 2.48 bits per heavy atom. The molecule has 1 heterocycles. The number of carboxylic acid groups (broad SMARTS) is 1. The highest BCUT2D eigenvalue weighted by Gasteiger charge is 2.11. The fourth-order valence-electron chi connectivity index (χ4n) is 2.22.